The maximum absolute atomic E-state index is 13.2. The molecule has 4 nitrogen and oxygen atoms in total. The molecule has 0 unspecified atom stereocenters. The van der Waals surface area contributed by atoms with E-state index >= 15 is 0 Å². The van der Waals surface area contributed by atoms with Gasteiger partial charge in [-0.15, -0.1) is 0 Å². The Bertz CT molecular complexity index is 1190. The molecular formula is C24H23ClN2O2. The van der Waals surface area contributed by atoms with Gasteiger partial charge in [0.2, 0.25) is 5.69 Å². The number of aromatic nitrogens is 1. The lowest BCUT2D eigenvalue weighted by molar-refractivity contribution is -0.188. The molecule has 0 radical (unpaired) electrons. The molecule has 0 atom stereocenters. The summed E-state index contributed by atoms with van der Waals surface area (Å²) in [6, 6.07) is 14.8. The Kier molecular flexibility index (Phi) is 4.47. The van der Waals surface area contributed by atoms with Crippen LogP contribution in [0.4, 0.5) is 5.69 Å². The Hall–Kier alpha value is -2.77. The molecule has 1 aromatic heterocycles. The zero-order chi connectivity index (χ0) is 21.0. The minimum atomic E-state index is -0.277. The number of ether oxygens (including phenoxy) is 1. The van der Waals surface area contributed by atoms with E-state index in [0.717, 1.165) is 10.8 Å². The third-order valence-electron chi connectivity index (χ3n) is 6.17. The van der Waals surface area contributed by atoms with Crippen LogP contribution in [0, 0.1) is 17.4 Å². The second-order valence-corrected chi connectivity index (χ2v) is 9.29. The van der Waals surface area contributed by atoms with E-state index in [2.05, 4.69) is 32.5 Å². The summed E-state index contributed by atoms with van der Waals surface area (Å²) in [6.07, 6.45) is 1.78. The molecule has 0 amide bonds. The highest BCUT2D eigenvalue weighted by molar-refractivity contribution is 6.33. The minimum Gasteiger partial charge on any atom is -0.489 e. The molecule has 5 heteroatoms. The van der Waals surface area contributed by atoms with E-state index in [4.69, 9.17) is 22.9 Å². The van der Waals surface area contributed by atoms with Gasteiger partial charge >= 0.3 is 0 Å². The third-order valence-corrected chi connectivity index (χ3v) is 6.48. The molecule has 0 N–H and O–H groups in total. The minimum absolute atomic E-state index is 0.0184. The maximum atomic E-state index is 13.2. The number of benzene rings is 2. The van der Waals surface area contributed by atoms with Crippen LogP contribution in [0.15, 0.2) is 59.5 Å². The van der Waals surface area contributed by atoms with Crippen LogP contribution >= 0.6 is 11.6 Å². The first-order valence-corrected chi connectivity index (χ1v) is 9.99. The normalized spacial score (nSPS) is 21.9. The van der Waals surface area contributed by atoms with Crippen molar-refractivity contribution in [2.24, 2.45) is 10.8 Å². The summed E-state index contributed by atoms with van der Waals surface area (Å²) in [6.45, 7) is 15.7. The highest BCUT2D eigenvalue weighted by atomic mass is 35.5. The summed E-state index contributed by atoms with van der Waals surface area (Å²) in [5.74, 6) is 0.637. The molecule has 29 heavy (non-hydrogen) atoms. The average Bonchev–Trinajstić information content (AvgIpc) is 2.68. The quantitative estimate of drug-likeness (QED) is 0.481. The van der Waals surface area contributed by atoms with Crippen LogP contribution in [0.1, 0.15) is 33.7 Å². The lowest BCUT2D eigenvalue weighted by atomic mass is 9.49. The van der Waals surface area contributed by atoms with Crippen molar-refractivity contribution in [3.05, 3.63) is 81.5 Å². The molecule has 0 bridgehead atoms. The van der Waals surface area contributed by atoms with Crippen LogP contribution in [-0.4, -0.2) is 10.7 Å². The van der Waals surface area contributed by atoms with Crippen molar-refractivity contribution in [3.8, 4) is 5.75 Å². The smallest absolute Gasteiger partial charge is 0.258 e. The zero-order valence-electron chi connectivity index (χ0n) is 16.9. The van der Waals surface area contributed by atoms with E-state index in [9.17, 15) is 4.79 Å². The van der Waals surface area contributed by atoms with Crippen LogP contribution in [0.5, 0.6) is 5.75 Å². The molecule has 0 spiro atoms. The molecule has 2 aromatic carbocycles. The summed E-state index contributed by atoms with van der Waals surface area (Å²) in [5, 5.41) is 2.06. The van der Waals surface area contributed by atoms with Gasteiger partial charge in [0, 0.05) is 22.4 Å². The Morgan fingerprint density at radius 2 is 1.76 bits per heavy atom. The Morgan fingerprint density at radius 1 is 1.07 bits per heavy atom. The Labute approximate surface area is 175 Å². The first kappa shape index (κ1) is 19.5. The number of nitrogens with zero attached hydrogens (tertiary/aromatic N) is 2. The van der Waals surface area contributed by atoms with Gasteiger partial charge in [0.25, 0.3) is 5.56 Å². The highest BCUT2D eigenvalue weighted by Crippen LogP contribution is 2.62. The highest BCUT2D eigenvalue weighted by Gasteiger charge is 2.64. The lowest BCUT2D eigenvalue weighted by Gasteiger charge is -2.63. The number of fused-ring (bicyclic) bond motifs is 1. The number of halogens is 1. The number of pyridine rings is 1. The van der Waals surface area contributed by atoms with Gasteiger partial charge in [-0.05, 0) is 29.7 Å². The SMILES string of the molecule is [C-]#[N+]c1ccc(OC2C(C)(C)C(n3ccc4ccccc4c3=O)C2(C)C)cc1Cl. The van der Waals surface area contributed by atoms with Crippen LogP contribution in [0.25, 0.3) is 15.6 Å². The van der Waals surface area contributed by atoms with Crippen LogP contribution in [0.2, 0.25) is 5.02 Å². The fraction of sp³-hybridized carbons (Fsp3) is 0.333. The number of rotatable bonds is 3. The Morgan fingerprint density at radius 3 is 2.41 bits per heavy atom. The van der Waals surface area contributed by atoms with E-state index in [1.807, 2.05) is 41.1 Å². The van der Waals surface area contributed by atoms with Gasteiger partial charge in [0.1, 0.15) is 11.9 Å². The van der Waals surface area contributed by atoms with Gasteiger partial charge in [-0.1, -0.05) is 63.6 Å². The van der Waals surface area contributed by atoms with Gasteiger partial charge in [0.15, 0.2) is 0 Å². The van der Waals surface area contributed by atoms with Crippen molar-refractivity contribution in [2.45, 2.75) is 39.8 Å². The molecule has 1 saturated carbocycles. The molecule has 4 rings (SSSR count). The summed E-state index contributed by atoms with van der Waals surface area (Å²) < 4.78 is 8.20. The molecule has 0 saturated heterocycles. The van der Waals surface area contributed by atoms with Crippen molar-refractivity contribution < 1.29 is 4.74 Å². The fourth-order valence-corrected chi connectivity index (χ4v) is 5.54. The van der Waals surface area contributed by atoms with E-state index < -0.39 is 0 Å². The van der Waals surface area contributed by atoms with Gasteiger partial charge in [-0.3, -0.25) is 4.79 Å². The predicted octanol–water partition coefficient (Wildman–Crippen LogP) is 6.26. The van der Waals surface area contributed by atoms with Gasteiger partial charge in [-0.2, -0.15) is 0 Å². The molecule has 1 aliphatic carbocycles. The van der Waals surface area contributed by atoms with Crippen molar-refractivity contribution in [2.75, 3.05) is 0 Å². The second kappa shape index (κ2) is 6.64. The van der Waals surface area contributed by atoms with E-state index in [0.29, 0.717) is 16.5 Å². The largest absolute Gasteiger partial charge is 0.489 e. The molecule has 1 aliphatic rings. The molecule has 3 aromatic rings. The standard InChI is InChI=1S/C24H23ClN2O2/c1-23(2)21(27-13-12-15-8-6-7-9-17(15)20(27)28)24(3,4)22(23)29-16-10-11-19(26-5)18(25)14-16/h6-14,21-22H,1-4H3. The van der Waals surface area contributed by atoms with E-state index in [1.54, 1.807) is 18.2 Å². The summed E-state index contributed by atoms with van der Waals surface area (Å²) in [4.78, 5) is 16.6. The van der Waals surface area contributed by atoms with Gasteiger partial charge < -0.3 is 9.30 Å². The van der Waals surface area contributed by atoms with Crippen molar-refractivity contribution in [1.29, 1.82) is 0 Å². The third kappa shape index (κ3) is 2.92. The monoisotopic (exact) mass is 406 g/mol. The summed E-state index contributed by atoms with van der Waals surface area (Å²) in [7, 11) is 0. The molecule has 1 heterocycles. The predicted molar refractivity (Wildman–Crippen MR) is 117 cm³/mol. The van der Waals surface area contributed by atoms with Crippen LogP contribution in [-0.2, 0) is 0 Å². The average molecular weight is 407 g/mol. The fourth-order valence-electron chi connectivity index (χ4n) is 5.32. The van der Waals surface area contributed by atoms with Crippen LogP contribution in [0.3, 0.4) is 0 Å². The zero-order valence-corrected chi connectivity index (χ0v) is 17.7. The van der Waals surface area contributed by atoms with Gasteiger partial charge in [0.05, 0.1) is 17.6 Å². The number of hydrogen-bond acceptors (Lipinski definition) is 2. The number of hydrogen-bond donors (Lipinski definition) is 0. The lowest BCUT2D eigenvalue weighted by Crippen LogP contribution is -2.67. The molecule has 0 aliphatic heterocycles. The maximum Gasteiger partial charge on any atom is 0.258 e. The van der Waals surface area contributed by atoms with Crippen LogP contribution < -0.4 is 10.3 Å². The molecular weight excluding hydrogens is 384 g/mol. The van der Waals surface area contributed by atoms with Crippen molar-refractivity contribution >= 4 is 28.1 Å². The van der Waals surface area contributed by atoms with E-state index in [-0.39, 0.29) is 28.5 Å². The molecule has 1 fully saturated rings. The first-order valence-electron chi connectivity index (χ1n) is 9.61. The van der Waals surface area contributed by atoms with Gasteiger partial charge in [-0.25, -0.2) is 4.85 Å². The topological polar surface area (TPSA) is 35.6 Å². The molecule has 148 valence electrons. The van der Waals surface area contributed by atoms with Crippen molar-refractivity contribution in [3.63, 3.8) is 0 Å². The summed E-state index contributed by atoms with van der Waals surface area (Å²) in [5.41, 5.74) is -0.120. The Balaban J connectivity index is 1.70. The summed E-state index contributed by atoms with van der Waals surface area (Å²) >= 11 is 6.18. The van der Waals surface area contributed by atoms with E-state index in [1.165, 1.54) is 0 Å². The second-order valence-electron chi connectivity index (χ2n) is 8.88. The van der Waals surface area contributed by atoms with Crippen molar-refractivity contribution in [1.82, 2.24) is 4.57 Å². The first-order chi connectivity index (χ1) is 13.7.